The minimum absolute atomic E-state index is 0.714. The minimum atomic E-state index is 0.714. The largest absolute Gasteiger partial charge is 0.265 e. The molecule has 18 aromatic rings. The number of benzene rings is 7. The molecule has 0 aliphatic carbocycles. The van der Waals surface area contributed by atoms with Crippen molar-refractivity contribution in [2.75, 3.05) is 0 Å². The van der Waals surface area contributed by atoms with Gasteiger partial charge in [0.15, 0.2) is 17.5 Å². The number of nitrogens with zero attached hydrogens (tertiary/aromatic N) is 15. The van der Waals surface area contributed by atoms with Crippen molar-refractivity contribution >= 4 is 0 Å². The zero-order chi connectivity index (χ0) is 74.0. The van der Waals surface area contributed by atoms with E-state index in [0.29, 0.717) is 5.82 Å². The monoisotopic (exact) mass is 1400 g/mol. The number of rotatable bonds is 9. The number of hydrogen-bond acceptors (Lipinski definition) is 15. The van der Waals surface area contributed by atoms with Crippen molar-refractivity contribution in [3.63, 3.8) is 0 Å². The summed E-state index contributed by atoms with van der Waals surface area (Å²) in [5, 5.41) is 0. The quantitative estimate of drug-likeness (QED) is 0.132. The maximum atomic E-state index is 4.25. The van der Waals surface area contributed by atoms with Crippen LogP contribution in [0.15, 0.2) is 458 Å². The van der Waals surface area contributed by atoms with Crippen LogP contribution in [0.5, 0.6) is 0 Å². The molecule has 11 aromatic heterocycles. The van der Waals surface area contributed by atoms with Gasteiger partial charge in [-0.1, -0.05) is 237 Å². The van der Waals surface area contributed by atoms with E-state index in [9.17, 15) is 0 Å². The lowest BCUT2D eigenvalue weighted by Crippen LogP contribution is -1.86. The van der Waals surface area contributed by atoms with Gasteiger partial charge in [-0.05, 0) is 130 Å². The smallest absolute Gasteiger partial charge is 0.160 e. The van der Waals surface area contributed by atoms with Crippen LogP contribution in [0.4, 0.5) is 0 Å². The van der Waals surface area contributed by atoms with Crippen LogP contribution in [-0.4, -0.2) is 74.8 Å². The van der Waals surface area contributed by atoms with Gasteiger partial charge < -0.3 is 0 Å². The maximum absolute atomic E-state index is 4.25. The Morgan fingerprint density at radius 3 is 0.685 bits per heavy atom. The van der Waals surface area contributed by atoms with Crippen LogP contribution < -0.4 is 0 Å². The fourth-order valence-corrected chi connectivity index (χ4v) is 9.79. The highest BCUT2D eigenvalue weighted by molar-refractivity contribution is 5.65. The summed E-state index contributed by atoms with van der Waals surface area (Å²) in [6.45, 7) is 0. The zero-order valence-corrected chi connectivity index (χ0v) is 59.0. The summed E-state index contributed by atoms with van der Waals surface area (Å²) in [6, 6.07) is 108. The predicted molar refractivity (Wildman–Crippen MR) is 434 cm³/mol. The van der Waals surface area contributed by atoms with E-state index in [2.05, 4.69) is 148 Å². The van der Waals surface area contributed by atoms with Crippen LogP contribution in [0.1, 0.15) is 0 Å². The van der Waals surface area contributed by atoms with Crippen molar-refractivity contribution in [3.05, 3.63) is 458 Å². The average Bonchev–Trinajstić information content (AvgIpc) is 1.04. The van der Waals surface area contributed by atoms with Gasteiger partial charge in [-0.2, -0.15) is 0 Å². The normalized spacial score (nSPS) is 9.67. The van der Waals surface area contributed by atoms with Gasteiger partial charge in [0.2, 0.25) is 0 Å². The highest BCUT2D eigenvalue weighted by Crippen LogP contribution is 2.21. The van der Waals surface area contributed by atoms with E-state index >= 15 is 0 Å². The Hall–Kier alpha value is -15.1. The van der Waals surface area contributed by atoms with Gasteiger partial charge in [-0.25, -0.2) is 39.9 Å². The first-order chi connectivity index (χ1) is 53.7. The van der Waals surface area contributed by atoms with Crippen LogP contribution in [0.2, 0.25) is 0 Å². The highest BCUT2D eigenvalue weighted by Gasteiger charge is 2.02. The Labute approximate surface area is 630 Å². The fraction of sp³-hybridized carbons (Fsp3) is 0. The van der Waals surface area contributed by atoms with Gasteiger partial charge in [0.05, 0.1) is 11.4 Å². The highest BCUT2D eigenvalue weighted by atomic mass is 14.9. The first kappa shape index (κ1) is 75.6. The molecule has 0 aliphatic rings. The molecule has 0 bridgehead atoms. The molecule has 18 rings (SSSR count). The summed E-state index contributed by atoms with van der Waals surface area (Å²) < 4.78 is 0. The van der Waals surface area contributed by atoms with Gasteiger partial charge in [0.25, 0.3) is 0 Å². The molecular weight excluding hydrogens is 1330 g/mol. The Bertz CT molecular complexity index is 3810. The number of hydrogen-bond donors (Lipinski definition) is 0. The van der Waals surface area contributed by atoms with Crippen molar-refractivity contribution in [2.24, 2.45) is 0 Å². The van der Waals surface area contributed by atoms with E-state index in [1.54, 1.807) is 86.5 Å². The molecule has 0 fully saturated rings. The van der Waals surface area contributed by atoms with Gasteiger partial charge in [-0.3, -0.25) is 34.9 Å². The fourth-order valence-electron chi connectivity index (χ4n) is 9.79. The summed E-state index contributed by atoms with van der Waals surface area (Å²) in [5.74, 6) is 2.23. The molecule has 0 unspecified atom stereocenters. The van der Waals surface area contributed by atoms with E-state index in [-0.39, 0.29) is 0 Å². The molecule has 0 saturated heterocycles. The third-order valence-corrected chi connectivity index (χ3v) is 15.0. The Morgan fingerprint density at radius 1 is 0.120 bits per heavy atom. The molecule has 0 atom stereocenters. The van der Waals surface area contributed by atoms with Crippen LogP contribution in [0, 0.1) is 0 Å². The average molecular weight is 1400 g/mol. The predicted octanol–water partition coefficient (Wildman–Crippen LogP) is 21.1. The molecule has 0 spiro atoms. The van der Waals surface area contributed by atoms with Crippen molar-refractivity contribution in [1.29, 1.82) is 0 Å². The third kappa shape index (κ3) is 27.0. The van der Waals surface area contributed by atoms with E-state index in [4.69, 9.17) is 0 Å². The lowest BCUT2D eigenvalue weighted by atomic mass is 10.1. The first-order valence-electron chi connectivity index (χ1n) is 34.5. The summed E-state index contributed by atoms with van der Waals surface area (Å²) in [6.07, 6.45) is 37.0. The summed E-state index contributed by atoms with van der Waals surface area (Å²) >= 11 is 0. The van der Waals surface area contributed by atoms with Gasteiger partial charge in [-0.15, -0.1) is 0 Å². The number of pyridine rings is 7. The molecule has 11 heterocycles. The summed E-state index contributed by atoms with van der Waals surface area (Å²) in [7, 11) is 0. The van der Waals surface area contributed by atoms with E-state index in [1.807, 2.05) is 292 Å². The number of aromatic nitrogens is 15. The molecule has 15 heteroatoms. The second-order valence-electron chi connectivity index (χ2n) is 22.5. The molecule has 108 heavy (non-hydrogen) atoms. The van der Waals surface area contributed by atoms with Crippen molar-refractivity contribution in [3.8, 4) is 101 Å². The van der Waals surface area contributed by atoms with Crippen molar-refractivity contribution in [2.45, 2.75) is 0 Å². The van der Waals surface area contributed by atoms with Gasteiger partial charge >= 0.3 is 0 Å². The lowest BCUT2D eigenvalue weighted by molar-refractivity contribution is 1.16. The molecular formula is C93H75N15. The molecule has 0 aliphatic heterocycles. The Morgan fingerprint density at radius 2 is 0.361 bits per heavy atom. The molecule has 15 nitrogen and oxygen atoms in total. The Balaban J connectivity index is 0.000000130. The third-order valence-electron chi connectivity index (χ3n) is 15.0. The molecule has 0 N–H and O–H groups in total. The van der Waals surface area contributed by atoms with E-state index in [1.165, 1.54) is 28.6 Å². The summed E-state index contributed by atoms with van der Waals surface area (Å²) in [5.41, 5.74) is 16.8. The first-order valence-corrected chi connectivity index (χ1v) is 34.5. The van der Waals surface area contributed by atoms with Crippen LogP contribution in [0.25, 0.3) is 101 Å². The zero-order valence-electron chi connectivity index (χ0n) is 59.0. The molecule has 0 radical (unpaired) electrons. The Kier molecular flexibility index (Phi) is 32.0. The SMILES string of the molecule is c1ccc(-c2ccccn2)cc1.c1ccc(-c2ccccn2)cc1.c1ccc(-c2cccnc2)cc1.c1ccc(-c2cccnc2)cc1.c1ccc(-c2ccncc2)cc1.c1ccc(-c2cncnc2)cc1.c1ccc(-c2ncccn2)cc1.c1cnc(-c2cccnc2)nc1.c1cnc(-c2ccncc2)nc1. The second-order valence-corrected chi connectivity index (χ2v) is 22.5. The topological polar surface area (TPSA) is 193 Å². The van der Waals surface area contributed by atoms with Crippen LogP contribution >= 0.6 is 0 Å². The van der Waals surface area contributed by atoms with Gasteiger partial charge in [0, 0.05) is 157 Å². The maximum Gasteiger partial charge on any atom is 0.160 e. The van der Waals surface area contributed by atoms with Crippen molar-refractivity contribution < 1.29 is 0 Å². The van der Waals surface area contributed by atoms with Crippen LogP contribution in [0.3, 0.4) is 0 Å². The van der Waals surface area contributed by atoms with Gasteiger partial charge in [0.1, 0.15) is 6.33 Å². The molecule has 522 valence electrons. The van der Waals surface area contributed by atoms with Crippen molar-refractivity contribution in [1.82, 2.24) is 74.8 Å². The molecule has 7 aromatic carbocycles. The molecule has 0 saturated carbocycles. The minimum Gasteiger partial charge on any atom is -0.265 e. The molecule has 0 amide bonds. The summed E-state index contributed by atoms with van der Waals surface area (Å²) in [4.78, 5) is 61.1. The van der Waals surface area contributed by atoms with Crippen LogP contribution in [-0.2, 0) is 0 Å². The second kappa shape index (κ2) is 45.7. The lowest BCUT2D eigenvalue weighted by Gasteiger charge is -1.98. The van der Waals surface area contributed by atoms with E-state index in [0.717, 1.165) is 73.1 Å². The van der Waals surface area contributed by atoms with E-state index < -0.39 is 0 Å². The standard InChI is InChI=1S/5C11H9N.2C10H8N2.2C9H7N3/c2*1-2-6-10(7-3-1)11-8-4-5-9-12-11;2*1-2-5-10(6-3-1)11-7-4-8-12-9-11;1-2-4-10(5-3-1)11-6-8-12-9-7-11;1-2-5-9(6-3-1)10-11-7-4-8-12-10;1-2-4-9(5-3-1)10-6-11-8-12-7-10;1-4-11-9(12-5-1)8-2-6-10-7-3-8;1-3-8(7-10-4-1)9-11-5-2-6-12-9/h5*1-9H;2*1-8H;2*1-7H.